The average molecular weight is 393 g/mol. The lowest BCUT2D eigenvalue weighted by Crippen LogP contribution is -2.11. The summed E-state index contributed by atoms with van der Waals surface area (Å²) in [5.74, 6) is 0.252. The molecule has 0 aliphatic carbocycles. The summed E-state index contributed by atoms with van der Waals surface area (Å²) in [6.07, 6.45) is 0.871. The van der Waals surface area contributed by atoms with Crippen LogP contribution in [0.2, 0.25) is 0 Å². The van der Waals surface area contributed by atoms with Crippen molar-refractivity contribution in [1.82, 2.24) is 0 Å². The van der Waals surface area contributed by atoms with E-state index >= 15 is 0 Å². The lowest BCUT2D eigenvalue weighted by molar-refractivity contribution is 0.102. The van der Waals surface area contributed by atoms with Crippen LogP contribution in [0.25, 0.3) is 0 Å². The smallest absolute Gasteiger partial charge is 0.417 e. The molecule has 7 heteroatoms. The highest BCUT2D eigenvalue weighted by molar-refractivity contribution is 8.55. The average Bonchev–Trinajstić information content (AvgIpc) is 2.64. The number of rotatable bonds is 9. The molecule has 2 aromatic rings. The normalized spacial score (nSPS) is 14.3. The highest BCUT2D eigenvalue weighted by Crippen LogP contribution is 2.62. The molecule has 0 fully saturated rings. The second-order valence-corrected chi connectivity index (χ2v) is 9.95. The summed E-state index contributed by atoms with van der Waals surface area (Å²) in [6.45, 7) is 2.84. The first-order valence-corrected chi connectivity index (χ1v) is 11.6. The van der Waals surface area contributed by atoms with Gasteiger partial charge in [0.05, 0.1) is 6.61 Å². The molecule has 0 saturated heterocycles. The fraction of sp³-hybridized carbons (Fsp3) is 0.316. The summed E-state index contributed by atoms with van der Waals surface area (Å²) < 4.78 is 23.9. The third-order valence-electron chi connectivity index (χ3n) is 3.54. The van der Waals surface area contributed by atoms with Gasteiger partial charge in [-0.25, -0.2) is 4.57 Å². The molecule has 2 atom stereocenters. The topological polar surface area (TPSA) is 64.6 Å². The molecule has 0 heterocycles. The van der Waals surface area contributed by atoms with Gasteiger partial charge in [-0.2, -0.15) is 0 Å². The van der Waals surface area contributed by atoms with E-state index in [0.717, 1.165) is 6.42 Å². The summed E-state index contributed by atoms with van der Waals surface area (Å²) in [5.41, 5.74) is 1.21. The van der Waals surface area contributed by atoms with E-state index < -0.39 is 6.80 Å². The van der Waals surface area contributed by atoms with Crippen molar-refractivity contribution in [2.45, 2.75) is 32.4 Å². The monoisotopic (exact) mass is 393 g/mol. The van der Waals surface area contributed by atoms with Crippen LogP contribution in [-0.4, -0.2) is 17.8 Å². The molecule has 2 unspecified atom stereocenters. The Bertz CT molecular complexity index is 752. The van der Waals surface area contributed by atoms with Gasteiger partial charge in [-0.15, -0.1) is 0 Å². The van der Waals surface area contributed by atoms with Crippen LogP contribution in [0.5, 0.6) is 5.75 Å². The fourth-order valence-electron chi connectivity index (χ4n) is 2.05. The SMILES string of the molecule is CCOP(=O)(Oc1ccc(NC(=O)c2ccccc2)cc1)SC(C)CC. The first-order chi connectivity index (χ1) is 12.5. The summed E-state index contributed by atoms with van der Waals surface area (Å²) in [7, 11) is 0. The number of nitrogens with one attached hydrogen (secondary N) is 1. The number of hydrogen-bond donors (Lipinski definition) is 1. The number of benzene rings is 2. The highest BCUT2D eigenvalue weighted by Gasteiger charge is 2.29. The van der Waals surface area contributed by atoms with E-state index in [9.17, 15) is 9.36 Å². The summed E-state index contributed by atoms with van der Waals surface area (Å²) in [5, 5.41) is 2.98. The molecule has 140 valence electrons. The van der Waals surface area contributed by atoms with Crippen LogP contribution in [0.1, 0.15) is 37.6 Å². The molecule has 2 rings (SSSR count). The van der Waals surface area contributed by atoms with Gasteiger partial charge in [0.2, 0.25) is 0 Å². The minimum absolute atomic E-state index is 0.164. The third-order valence-corrected chi connectivity index (χ3v) is 7.89. The summed E-state index contributed by atoms with van der Waals surface area (Å²) in [6, 6.07) is 15.7. The number of carbonyl (C=O) groups is 1. The van der Waals surface area contributed by atoms with Crippen LogP contribution in [0.3, 0.4) is 0 Å². The second kappa shape index (κ2) is 9.81. The second-order valence-electron chi connectivity index (χ2n) is 5.63. The van der Waals surface area contributed by atoms with E-state index in [0.29, 0.717) is 23.6 Å². The van der Waals surface area contributed by atoms with Gasteiger partial charge in [-0.05, 0) is 61.1 Å². The van der Waals surface area contributed by atoms with Crippen molar-refractivity contribution < 1.29 is 18.4 Å². The minimum atomic E-state index is -3.28. The summed E-state index contributed by atoms with van der Waals surface area (Å²) in [4.78, 5) is 12.2. The quantitative estimate of drug-likeness (QED) is 0.530. The molecule has 0 saturated carbocycles. The van der Waals surface area contributed by atoms with Gasteiger partial charge < -0.3 is 9.84 Å². The molecule has 0 radical (unpaired) electrons. The van der Waals surface area contributed by atoms with E-state index in [1.807, 2.05) is 32.0 Å². The fourth-order valence-corrected chi connectivity index (χ4v) is 6.15. The Balaban J connectivity index is 2.03. The Kier molecular flexibility index (Phi) is 7.76. The van der Waals surface area contributed by atoms with Crippen LogP contribution in [0, 0.1) is 0 Å². The molecule has 1 N–H and O–H groups in total. The number of carbonyl (C=O) groups excluding carboxylic acids is 1. The van der Waals surface area contributed by atoms with Crippen molar-refractivity contribution in [3.8, 4) is 5.75 Å². The molecular weight excluding hydrogens is 369 g/mol. The molecular formula is C19H24NO4PS. The van der Waals surface area contributed by atoms with Crippen molar-refractivity contribution >= 4 is 29.8 Å². The highest BCUT2D eigenvalue weighted by atomic mass is 32.7. The van der Waals surface area contributed by atoms with Crippen LogP contribution in [0.15, 0.2) is 54.6 Å². The number of anilines is 1. The largest absolute Gasteiger partial charge is 0.440 e. The van der Waals surface area contributed by atoms with Crippen molar-refractivity contribution in [1.29, 1.82) is 0 Å². The molecule has 26 heavy (non-hydrogen) atoms. The lowest BCUT2D eigenvalue weighted by Gasteiger charge is -2.20. The van der Waals surface area contributed by atoms with Crippen molar-refractivity contribution in [2.75, 3.05) is 11.9 Å². The molecule has 0 bridgehead atoms. The molecule has 0 aromatic heterocycles. The molecule has 1 amide bonds. The van der Waals surface area contributed by atoms with Crippen molar-refractivity contribution in [2.24, 2.45) is 0 Å². The summed E-state index contributed by atoms with van der Waals surface area (Å²) >= 11 is 1.22. The zero-order chi connectivity index (χ0) is 19.0. The van der Waals surface area contributed by atoms with Crippen molar-refractivity contribution in [3.05, 3.63) is 60.2 Å². The predicted octanol–water partition coefficient (Wildman–Crippen LogP) is 5.99. The maximum absolute atomic E-state index is 12.8. The zero-order valence-electron chi connectivity index (χ0n) is 15.2. The Morgan fingerprint density at radius 2 is 1.77 bits per heavy atom. The molecule has 0 aliphatic heterocycles. The van der Waals surface area contributed by atoms with E-state index in [-0.39, 0.29) is 11.2 Å². The molecule has 0 spiro atoms. The number of hydrogen-bond acceptors (Lipinski definition) is 5. The molecule has 2 aromatic carbocycles. The minimum Gasteiger partial charge on any atom is -0.417 e. The Morgan fingerprint density at radius 3 is 2.35 bits per heavy atom. The predicted molar refractivity (Wildman–Crippen MR) is 108 cm³/mol. The molecule has 0 aliphatic rings. The first-order valence-electron chi connectivity index (χ1n) is 8.54. The Morgan fingerprint density at radius 1 is 1.12 bits per heavy atom. The standard InChI is InChI=1S/C19H24NO4PS/c1-4-15(3)26-25(22,23-5-2)24-18-13-11-17(12-14-18)20-19(21)16-9-7-6-8-10-16/h6-15H,4-5H2,1-3H3,(H,20,21). The van der Waals surface area contributed by atoms with E-state index in [4.69, 9.17) is 9.05 Å². The van der Waals surface area contributed by atoms with Gasteiger partial charge >= 0.3 is 6.80 Å². The molecule has 5 nitrogen and oxygen atoms in total. The maximum atomic E-state index is 12.8. The van der Waals surface area contributed by atoms with E-state index in [1.165, 1.54) is 11.4 Å². The Labute approximate surface area is 158 Å². The van der Waals surface area contributed by atoms with Gasteiger partial charge in [-0.1, -0.05) is 32.0 Å². The van der Waals surface area contributed by atoms with Gasteiger partial charge in [-0.3, -0.25) is 9.32 Å². The van der Waals surface area contributed by atoms with Gasteiger partial charge in [0.15, 0.2) is 0 Å². The lowest BCUT2D eigenvalue weighted by atomic mass is 10.2. The first kappa shape index (κ1) is 20.6. The van der Waals surface area contributed by atoms with Crippen LogP contribution in [0.4, 0.5) is 5.69 Å². The maximum Gasteiger partial charge on any atom is 0.440 e. The number of amides is 1. The van der Waals surface area contributed by atoms with Crippen LogP contribution < -0.4 is 9.84 Å². The van der Waals surface area contributed by atoms with E-state index in [1.54, 1.807) is 43.3 Å². The van der Waals surface area contributed by atoms with Gasteiger partial charge in [0.25, 0.3) is 5.91 Å². The van der Waals surface area contributed by atoms with Gasteiger partial charge in [0, 0.05) is 16.5 Å². The Hall–Kier alpha value is -1.75. The zero-order valence-corrected chi connectivity index (χ0v) is 16.9. The third kappa shape index (κ3) is 6.20. The van der Waals surface area contributed by atoms with Crippen LogP contribution >= 0.6 is 18.2 Å². The van der Waals surface area contributed by atoms with Crippen molar-refractivity contribution in [3.63, 3.8) is 0 Å². The van der Waals surface area contributed by atoms with Crippen LogP contribution in [-0.2, 0) is 9.09 Å². The van der Waals surface area contributed by atoms with Gasteiger partial charge in [0.1, 0.15) is 5.75 Å². The van der Waals surface area contributed by atoms with E-state index in [2.05, 4.69) is 5.32 Å².